The van der Waals surface area contributed by atoms with Crippen LogP contribution >= 0.6 is 0 Å². The van der Waals surface area contributed by atoms with Crippen molar-refractivity contribution in [1.82, 2.24) is 10.2 Å². The molecule has 5 nitrogen and oxygen atoms in total. The topological polar surface area (TPSA) is 58.6 Å². The van der Waals surface area contributed by atoms with Crippen molar-refractivity contribution in [2.24, 2.45) is 11.8 Å². The summed E-state index contributed by atoms with van der Waals surface area (Å²) in [4.78, 5) is 28.3. The van der Waals surface area contributed by atoms with Gasteiger partial charge in [0.25, 0.3) is 0 Å². The van der Waals surface area contributed by atoms with Gasteiger partial charge in [-0.2, -0.15) is 0 Å². The quantitative estimate of drug-likeness (QED) is 0.489. The first kappa shape index (κ1) is 26.3. The smallest absolute Gasteiger partial charge is 0.407 e. The first-order valence-electron chi connectivity index (χ1n) is 13.2. The van der Waals surface area contributed by atoms with Crippen LogP contribution in [0.5, 0.6) is 0 Å². The second-order valence-electron chi connectivity index (χ2n) is 11.4. The molecular weight excluding hydrogens is 455 g/mol. The third-order valence-corrected chi connectivity index (χ3v) is 7.86. The molecule has 2 aromatic rings. The molecule has 3 atom stereocenters. The van der Waals surface area contributed by atoms with Gasteiger partial charge in [0, 0.05) is 12.6 Å². The van der Waals surface area contributed by atoms with Gasteiger partial charge in [-0.15, -0.1) is 0 Å². The minimum absolute atomic E-state index is 0.0647. The third-order valence-electron chi connectivity index (χ3n) is 7.86. The fourth-order valence-electron chi connectivity index (χ4n) is 6.34. The maximum atomic E-state index is 14.5. The summed E-state index contributed by atoms with van der Waals surface area (Å²) < 4.78 is 20.0. The molecule has 1 saturated heterocycles. The standard InChI is InChI=1S/C30H39FN2O3/c1-29(2,3)36-28(35)32-27-14-8-13-26(27)30(21-34,24-11-7-12-25(31)19-24)23-15-17-33(18-16-23)20-22-9-5-4-6-10-22/h4-7,9-12,19,21,23,26-27H,8,13-18,20H2,1-3H3,(H,32,35)/t26-,27-,30-/m0/s1. The van der Waals surface area contributed by atoms with Gasteiger partial charge in [-0.05, 0) is 94.6 Å². The maximum absolute atomic E-state index is 14.5. The monoisotopic (exact) mass is 494 g/mol. The molecule has 1 aliphatic heterocycles. The number of nitrogens with zero attached hydrogens (tertiary/aromatic N) is 1. The van der Waals surface area contributed by atoms with Crippen molar-refractivity contribution < 1.29 is 18.7 Å². The van der Waals surface area contributed by atoms with Crippen LogP contribution in [0, 0.1) is 17.7 Å². The van der Waals surface area contributed by atoms with Crippen LogP contribution in [0.1, 0.15) is 64.0 Å². The van der Waals surface area contributed by atoms with E-state index in [9.17, 15) is 14.0 Å². The Bertz CT molecular complexity index is 1030. The molecule has 1 amide bonds. The van der Waals surface area contributed by atoms with Crippen LogP contribution in [0.2, 0.25) is 0 Å². The lowest BCUT2D eigenvalue weighted by Gasteiger charge is -2.47. The van der Waals surface area contributed by atoms with E-state index in [1.54, 1.807) is 6.07 Å². The van der Waals surface area contributed by atoms with E-state index in [2.05, 4.69) is 34.5 Å². The zero-order valence-electron chi connectivity index (χ0n) is 21.7. The van der Waals surface area contributed by atoms with Crippen molar-refractivity contribution in [1.29, 1.82) is 0 Å². The highest BCUT2D eigenvalue weighted by molar-refractivity contribution is 5.72. The average Bonchev–Trinajstić information content (AvgIpc) is 3.29. The number of rotatable bonds is 7. The summed E-state index contributed by atoms with van der Waals surface area (Å²) >= 11 is 0. The van der Waals surface area contributed by atoms with Gasteiger partial charge < -0.3 is 14.8 Å². The summed E-state index contributed by atoms with van der Waals surface area (Å²) in [6, 6.07) is 16.7. The number of hydrogen-bond donors (Lipinski definition) is 1. The number of hydrogen-bond acceptors (Lipinski definition) is 4. The Morgan fingerprint density at radius 3 is 2.42 bits per heavy atom. The normalized spacial score (nSPS) is 23.1. The lowest BCUT2D eigenvalue weighted by Crippen LogP contribution is -2.54. The highest BCUT2D eigenvalue weighted by Crippen LogP contribution is 2.49. The van der Waals surface area contributed by atoms with Crippen LogP contribution < -0.4 is 5.32 Å². The van der Waals surface area contributed by atoms with Crippen molar-refractivity contribution in [3.8, 4) is 0 Å². The van der Waals surface area contributed by atoms with Gasteiger partial charge in [-0.3, -0.25) is 4.90 Å². The predicted octanol–water partition coefficient (Wildman–Crippen LogP) is 5.87. The first-order chi connectivity index (χ1) is 17.2. The number of benzene rings is 2. The van der Waals surface area contributed by atoms with E-state index in [0.29, 0.717) is 0 Å². The molecule has 0 bridgehead atoms. The van der Waals surface area contributed by atoms with E-state index in [1.807, 2.05) is 32.9 Å². The van der Waals surface area contributed by atoms with E-state index in [1.165, 1.54) is 17.7 Å². The molecule has 1 N–H and O–H groups in total. The number of aldehydes is 1. The molecule has 1 saturated carbocycles. The van der Waals surface area contributed by atoms with Crippen LogP contribution in [0.15, 0.2) is 54.6 Å². The molecule has 6 heteroatoms. The number of carbonyl (C=O) groups is 2. The lowest BCUT2D eigenvalue weighted by molar-refractivity contribution is -0.118. The van der Waals surface area contributed by atoms with Crippen LogP contribution in [0.4, 0.5) is 9.18 Å². The Morgan fingerprint density at radius 1 is 1.06 bits per heavy atom. The Morgan fingerprint density at radius 2 is 1.78 bits per heavy atom. The lowest BCUT2D eigenvalue weighted by atomic mass is 9.59. The number of carbonyl (C=O) groups excluding carboxylic acids is 2. The van der Waals surface area contributed by atoms with E-state index in [-0.39, 0.29) is 23.7 Å². The first-order valence-corrected chi connectivity index (χ1v) is 13.2. The number of amides is 1. The molecule has 1 heterocycles. The van der Waals surface area contributed by atoms with E-state index >= 15 is 0 Å². The van der Waals surface area contributed by atoms with Crippen LogP contribution in [-0.4, -0.2) is 42.0 Å². The second-order valence-corrected chi connectivity index (χ2v) is 11.4. The predicted molar refractivity (Wildman–Crippen MR) is 139 cm³/mol. The summed E-state index contributed by atoms with van der Waals surface area (Å²) in [5.41, 5.74) is 0.535. The number of nitrogens with one attached hydrogen (secondary N) is 1. The average molecular weight is 495 g/mol. The van der Waals surface area contributed by atoms with E-state index in [0.717, 1.165) is 63.6 Å². The van der Waals surface area contributed by atoms with Gasteiger partial charge in [0.15, 0.2) is 0 Å². The zero-order chi connectivity index (χ0) is 25.8. The molecular formula is C30H39FN2O3. The van der Waals surface area contributed by atoms with Crippen molar-refractivity contribution in [2.75, 3.05) is 13.1 Å². The van der Waals surface area contributed by atoms with E-state index in [4.69, 9.17) is 4.74 Å². The highest BCUT2D eigenvalue weighted by atomic mass is 19.1. The second kappa shape index (κ2) is 11.1. The third kappa shape index (κ3) is 5.97. The SMILES string of the molecule is CC(C)(C)OC(=O)N[C@H]1CCC[C@@H]1[C@](C=O)(c1cccc(F)c1)C1CCN(Cc2ccccc2)CC1. The molecule has 2 aliphatic rings. The van der Waals surface area contributed by atoms with Gasteiger partial charge in [-0.1, -0.05) is 48.9 Å². The summed E-state index contributed by atoms with van der Waals surface area (Å²) in [6.07, 6.45) is 4.79. The molecule has 4 rings (SSSR count). The van der Waals surface area contributed by atoms with Crippen molar-refractivity contribution >= 4 is 12.4 Å². The Kier molecular flexibility index (Phi) is 8.13. The van der Waals surface area contributed by atoms with Crippen LogP contribution in [0.25, 0.3) is 0 Å². The Balaban J connectivity index is 1.59. The molecule has 194 valence electrons. The number of alkyl carbamates (subject to hydrolysis) is 1. The van der Waals surface area contributed by atoms with Gasteiger partial charge in [0.05, 0.1) is 5.41 Å². The van der Waals surface area contributed by atoms with Crippen molar-refractivity contribution in [3.05, 3.63) is 71.5 Å². The van der Waals surface area contributed by atoms with E-state index < -0.39 is 17.1 Å². The van der Waals surface area contributed by atoms with Gasteiger partial charge in [-0.25, -0.2) is 9.18 Å². The minimum atomic E-state index is -0.864. The number of likely N-dealkylation sites (tertiary alicyclic amines) is 1. The maximum Gasteiger partial charge on any atom is 0.407 e. The Labute approximate surface area is 214 Å². The summed E-state index contributed by atoms with van der Waals surface area (Å²) in [5.74, 6) is -0.389. The fraction of sp³-hybridized carbons (Fsp3) is 0.533. The summed E-state index contributed by atoms with van der Waals surface area (Å²) in [5, 5.41) is 3.07. The Hall–Kier alpha value is -2.73. The summed E-state index contributed by atoms with van der Waals surface area (Å²) in [6.45, 7) is 8.15. The number of ether oxygens (including phenoxy) is 1. The zero-order valence-corrected chi connectivity index (χ0v) is 21.7. The van der Waals surface area contributed by atoms with Gasteiger partial charge in [0.1, 0.15) is 17.7 Å². The number of piperidine rings is 1. The molecule has 0 unspecified atom stereocenters. The highest BCUT2D eigenvalue weighted by Gasteiger charge is 2.52. The molecule has 1 aliphatic carbocycles. The largest absolute Gasteiger partial charge is 0.444 e. The van der Waals surface area contributed by atoms with Crippen molar-refractivity contribution in [3.63, 3.8) is 0 Å². The van der Waals surface area contributed by atoms with Crippen LogP contribution in [0.3, 0.4) is 0 Å². The van der Waals surface area contributed by atoms with Crippen molar-refractivity contribution in [2.45, 2.75) is 76.5 Å². The number of halogens is 1. The fourth-order valence-corrected chi connectivity index (χ4v) is 6.34. The van der Waals surface area contributed by atoms with Crippen LogP contribution in [-0.2, 0) is 21.5 Å². The molecule has 0 aromatic heterocycles. The molecule has 2 aromatic carbocycles. The summed E-state index contributed by atoms with van der Waals surface area (Å²) in [7, 11) is 0. The van der Waals surface area contributed by atoms with Gasteiger partial charge in [0.2, 0.25) is 0 Å². The molecule has 0 radical (unpaired) electrons. The molecule has 2 fully saturated rings. The minimum Gasteiger partial charge on any atom is -0.444 e. The van der Waals surface area contributed by atoms with Gasteiger partial charge >= 0.3 is 6.09 Å². The molecule has 0 spiro atoms. The molecule has 36 heavy (non-hydrogen) atoms.